The van der Waals surface area contributed by atoms with Crippen molar-refractivity contribution in [2.75, 3.05) is 25.5 Å². The highest BCUT2D eigenvalue weighted by molar-refractivity contribution is 7.89. The zero-order valence-corrected chi connectivity index (χ0v) is 15.4. The highest BCUT2D eigenvalue weighted by Gasteiger charge is 2.27. The lowest BCUT2D eigenvalue weighted by Gasteiger charge is -2.21. The van der Waals surface area contributed by atoms with Crippen molar-refractivity contribution in [1.82, 2.24) is 4.31 Å². The van der Waals surface area contributed by atoms with Crippen LogP contribution < -0.4 is 10.1 Å². The summed E-state index contributed by atoms with van der Waals surface area (Å²) < 4.78 is 59.0. The summed E-state index contributed by atoms with van der Waals surface area (Å²) in [6.07, 6.45) is 0.570. The Morgan fingerprint density at radius 1 is 1.15 bits per heavy atom. The summed E-state index contributed by atoms with van der Waals surface area (Å²) in [6, 6.07) is 7.62. The topological polar surface area (TPSA) is 75.7 Å². The van der Waals surface area contributed by atoms with Crippen molar-refractivity contribution >= 4 is 21.6 Å². The summed E-state index contributed by atoms with van der Waals surface area (Å²) >= 11 is 0. The summed E-state index contributed by atoms with van der Waals surface area (Å²) in [6.45, 7) is -0.00303. The van der Waals surface area contributed by atoms with Crippen LogP contribution in [0.3, 0.4) is 0 Å². The van der Waals surface area contributed by atoms with Crippen LogP contribution in [0.5, 0.6) is 5.75 Å². The minimum Gasteiger partial charge on any atom is -0.492 e. The van der Waals surface area contributed by atoms with Gasteiger partial charge < -0.3 is 10.1 Å². The number of nitrogens with zero attached hydrogens (tertiary/aromatic N) is 1. The van der Waals surface area contributed by atoms with Crippen LogP contribution in [-0.2, 0) is 21.2 Å². The monoisotopic (exact) mass is 396 g/mol. The third kappa shape index (κ3) is 4.25. The Kier molecular flexibility index (Phi) is 5.43. The number of hydrogen-bond donors (Lipinski definition) is 1. The lowest BCUT2D eigenvalue weighted by Crippen LogP contribution is -2.32. The van der Waals surface area contributed by atoms with Gasteiger partial charge >= 0.3 is 0 Å². The average molecular weight is 396 g/mol. The zero-order valence-electron chi connectivity index (χ0n) is 14.5. The molecule has 1 heterocycles. The van der Waals surface area contributed by atoms with Crippen LogP contribution >= 0.6 is 0 Å². The Balaban J connectivity index is 1.71. The first-order valence-corrected chi connectivity index (χ1v) is 9.68. The minimum atomic E-state index is -4.07. The molecule has 6 nitrogen and oxygen atoms in total. The molecule has 9 heteroatoms. The maximum atomic E-state index is 14.4. The van der Waals surface area contributed by atoms with Gasteiger partial charge in [0.25, 0.3) is 0 Å². The number of nitrogens with one attached hydrogen (secondary N) is 1. The summed E-state index contributed by atoms with van der Waals surface area (Å²) in [5.41, 5.74) is 0.871. The van der Waals surface area contributed by atoms with Crippen molar-refractivity contribution in [1.29, 1.82) is 0 Å². The van der Waals surface area contributed by atoms with Gasteiger partial charge in [0.05, 0.1) is 0 Å². The van der Waals surface area contributed by atoms with Crippen LogP contribution in [0.4, 0.5) is 14.5 Å². The second-order valence-corrected chi connectivity index (χ2v) is 8.13. The van der Waals surface area contributed by atoms with E-state index in [1.165, 1.54) is 37.4 Å². The zero-order chi connectivity index (χ0) is 19.6. The molecule has 1 amide bonds. The number of rotatable bonds is 6. The van der Waals surface area contributed by atoms with E-state index >= 15 is 0 Å². The molecule has 144 valence electrons. The largest absolute Gasteiger partial charge is 0.492 e. The summed E-state index contributed by atoms with van der Waals surface area (Å²) in [5.74, 6) is -1.16. The fourth-order valence-electron chi connectivity index (χ4n) is 2.69. The first-order chi connectivity index (χ1) is 12.8. The van der Waals surface area contributed by atoms with E-state index in [9.17, 15) is 22.0 Å². The number of carbonyl (C=O) groups is 1. The molecule has 0 fully saturated rings. The van der Waals surface area contributed by atoms with Gasteiger partial charge in [0.1, 0.15) is 28.9 Å². The first-order valence-electron chi connectivity index (χ1n) is 8.24. The molecule has 2 aromatic carbocycles. The maximum Gasteiger partial charge on any atom is 0.245 e. The normalized spacial score (nSPS) is 14.0. The Morgan fingerprint density at radius 2 is 1.85 bits per heavy atom. The predicted octanol–water partition coefficient (Wildman–Crippen LogP) is 2.55. The van der Waals surface area contributed by atoms with Gasteiger partial charge in [0, 0.05) is 25.7 Å². The fraction of sp³-hybridized carbons (Fsp3) is 0.278. The number of likely N-dealkylation sites (N-methyl/N-ethyl adjacent to an activating group) is 1. The molecule has 0 spiro atoms. The molecule has 0 atom stereocenters. The van der Waals surface area contributed by atoms with E-state index in [4.69, 9.17) is 4.74 Å². The molecule has 0 unspecified atom stereocenters. The molecule has 1 aliphatic heterocycles. The number of benzene rings is 2. The molecule has 0 aliphatic carbocycles. The minimum absolute atomic E-state index is 0.0178. The molecule has 0 radical (unpaired) electrons. The summed E-state index contributed by atoms with van der Waals surface area (Å²) in [4.78, 5) is 10.9. The lowest BCUT2D eigenvalue weighted by molar-refractivity contribution is -0.116. The number of fused-ring (bicyclic) bond motifs is 1. The van der Waals surface area contributed by atoms with Crippen molar-refractivity contribution in [3.05, 3.63) is 53.6 Å². The van der Waals surface area contributed by atoms with Gasteiger partial charge in [0.2, 0.25) is 15.9 Å². The number of anilines is 1. The highest BCUT2D eigenvalue weighted by atomic mass is 32.2. The van der Waals surface area contributed by atoms with E-state index in [0.29, 0.717) is 23.4 Å². The third-order valence-electron chi connectivity index (χ3n) is 4.23. The Bertz CT molecular complexity index is 962. The molecular weight excluding hydrogens is 378 g/mol. The van der Waals surface area contributed by atoms with Crippen molar-refractivity contribution in [2.45, 2.75) is 17.7 Å². The van der Waals surface area contributed by atoms with Gasteiger partial charge in [-0.25, -0.2) is 17.2 Å². The molecule has 1 aliphatic rings. The van der Waals surface area contributed by atoms with Crippen LogP contribution in [-0.4, -0.2) is 38.8 Å². The number of carbonyl (C=O) groups excluding carboxylic acids is 1. The number of hydrogen-bond acceptors (Lipinski definition) is 4. The molecular formula is C18H18F2N2O4S. The van der Waals surface area contributed by atoms with Gasteiger partial charge in [-0.2, -0.15) is 4.31 Å². The van der Waals surface area contributed by atoms with Crippen LogP contribution in [0, 0.1) is 11.6 Å². The lowest BCUT2D eigenvalue weighted by atomic mass is 10.0. The second kappa shape index (κ2) is 7.61. The van der Waals surface area contributed by atoms with Crippen molar-refractivity contribution in [3.8, 4) is 5.75 Å². The van der Waals surface area contributed by atoms with E-state index in [1.54, 1.807) is 0 Å². The number of halogens is 2. The van der Waals surface area contributed by atoms with Crippen molar-refractivity contribution < 1.29 is 26.7 Å². The average Bonchev–Trinajstić information content (AvgIpc) is 2.62. The molecule has 0 saturated carbocycles. The molecule has 0 saturated heterocycles. The van der Waals surface area contributed by atoms with Crippen molar-refractivity contribution in [3.63, 3.8) is 0 Å². The Morgan fingerprint density at radius 3 is 2.56 bits per heavy atom. The van der Waals surface area contributed by atoms with Crippen LogP contribution in [0.25, 0.3) is 0 Å². The smallest absolute Gasteiger partial charge is 0.245 e. The first kappa shape index (κ1) is 19.2. The molecule has 2 aromatic rings. The SMILES string of the molecule is CN(CCOc1ccc(F)cc1)S(=O)(=O)c1cc2c(cc1F)NC(=O)CC2. The molecule has 1 N–H and O–H groups in total. The molecule has 27 heavy (non-hydrogen) atoms. The van der Waals surface area contributed by atoms with Gasteiger partial charge in [-0.1, -0.05) is 0 Å². The number of aryl methyl sites for hydroxylation is 1. The molecule has 0 bridgehead atoms. The number of ether oxygens (including phenoxy) is 1. The molecule has 3 rings (SSSR count). The highest BCUT2D eigenvalue weighted by Crippen LogP contribution is 2.29. The van der Waals surface area contributed by atoms with E-state index < -0.39 is 26.6 Å². The van der Waals surface area contributed by atoms with Crippen LogP contribution in [0.2, 0.25) is 0 Å². The van der Waals surface area contributed by atoms with E-state index in [2.05, 4.69) is 5.32 Å². The van der Waals surface area contributed by atoms with Gasteiger partial charge in [0.15, 0.2) is 0 Å². The predicted molar refractivity (Wildman–Crippen MR) is 95.1 cm³/mol. The van der Waals surface area contributed by atoms with E-state index in [1.807, 2.05) is 0 Å². The van der Waals surface area contributed by atoms with Gasteiger partial charge in [-0.05, 0) is 48.4 Å². The van der Waals surface area contributed by atoms with Crippen LogP contribution in [0.1, 0.15) is 12.0 Å². The van der Waals surface area contributed by atoms with E-state index in [0.717, 1.165) is 10.4 Å². The summed E-state index contributed by atoms with van der Waals surface area (Å²) in [5, 5.41) is 2.53. The number of amides is 1. The molecule has 0 aromatic heterocycles. The Hall–Kier alpha value is -2.52. The van der Waals surface area contributed by atoms with Gasteiger partial charge in [-0.3, -0.25) is 4.79 Å². The Labute approximate surface area is 155 Å². The van der Waals surface area contributed by atoms with Crippen LogP contribution in [0.15, 0.2) is 41.3 Å². The third-order valence-corrected chi connectivity index (χ3v) is 6.10. The summed E-state index contributed by atoms with van der Waals surface area (Å²) in [7, 11) is -2.75. The quantitative estimate of drug-likeness (QED) is 0.814. The fourth-order valence-corrected chi connectivity index (χ4v) is 3.94. The van der Waals surface area contributed by atoms with Gasteiger partial charge in [-0.15, -0.1) is 0 Å². The standard InChI is InChI=1S/C18H18F2N2O4S/c1-22(8-9-26-14-5-3-13(19)4-6-14)27(24,25)17-10-12-2-7-18(23)21-16(12)11-15(17)20/h3-6,10-11H,2,7-9H2,1H3,(H,21,23). The van der Waals surface area contributed by atoms with Crippen molar-refractivity contribution in [2.24, 2.45) is 0 Å². The van der Waals surface area contributed by atoms with E-state index in [-0.39, 0.29) is 25.5 Å². The number of sulfonamides is 1. The maximum absolute atomic E-state index is 14.4. The second-order valence-electron chi connectivity index (χ2n) is 6.12.